The van der Waals surface area contributed by atoms with Gasteiger partial charge in [-0.05, 0) is 81.1 Å². The number of aliphatic hydroxyl groups excluding tert-OH is 1. The Hall–Kier alpha value is -2.51. The molecule has 0 saturated carbocycles. The highest BCUT2D eigenvalue weighted by molar-refractivity contribution is 5.88. The summed E-state index contributed by atoms with van der Waals surface area (Å²) in [5.41, 5.74) is 0.183. The van der Waals surface area contributed by atoms with Gasteiger partial charge in [-0.25, -0.2) is 13.6 Å². The summed E-state index contributed by atoms with van der Waals surface area (Å²) in [6.45, 7) is 5.58. The van der Waals surface area contributed by atoms with Gasteiger partial charge in [0.15, 0.2) is 0 Å². The molecule has 1 fully saturated rings. The van der Waals surface area contributed by atoms with Crippen molar-refractivity contribution in [1.29, 1.82) is 0 Å². The molecule has 31 heavy (non-hydrogen) atoms. The van der Waals surface area contributed by atoms with Crippen LogP contribution in [-0.2, 0) is 6.61 Å². The van der Waals surface area contributed by atoms with Crippen LogP contribution in [0.5, 0.6) is 5.75 Å². The van der Waals surface area contributed by atoms with Gasteiger partial charge >= 0.3 is 5.97 Å². The van der Waals surface area contributed by atoms with E-state index in [9.17, 15) is 18.7 Å². The number of carboxylic acids is 1. The SMILES string of the molecule is CC(C)(F)CN1CCC(COc2ccc(-c3ccc(C(=O)O)c(F)c3)cc2CO)CC1. The van der Waals surface area contributed by atoms with E-state index in [1.54, 1.807) is 32.0 Å². The molecule has 0 aromatic heterocycles. The molecule has 3 rings (SSSR count). The van der Waals surface area contributed by atoms with Gasteiger partial charge in [0.1, 0.15) is 17.2 Å². The molecular weight excluding hydrogens is 404 g/mol. The number of nitrogens with zero attached hydrogens (tertiary/aromatic N) is 1. The van der Waals surface area contributed by atoms with Crippen LogP contribution in [0.25, 0.3) is 11.1 Å². The van der Waals surface area contributed by atoms with Crippen LogP contribution in [0.15, 0.2) is 36.4 Å². The first-order chi connectivity index (χ1) is 14.7. The van der Waals surface area contributed by atoms with Crippen molar-refractivity contribution < 1.29 is 28.5 Å². The Morgan fingerprint density at radius 1 is 1.16 bits per heavy atom. The van der Waals surface area contributed by atoms with Gasteiger partial charge < -0.3 is 19.8 Å². The first kappa shape index (κ1) is 23.2. The van der Waals surface area contributed by atoms with Gasteiger partial charge in [-0.2, -0.15) is 0 Å². The van der Waals surface area contributed by atoms with Crippen LogP contribution < -0.4 is 4.74 Å². The van der Waals surface area contributed by atoms with E-state index < -0.39 is 17.5 Å². The van der Waals surface area contributed by atoms with E-state index in [2.05, 4.69) is 4.90 Å². The highest BCUT2D eigenvalue weighted by Gasteiger charge is 2.25. The van der Waals surface area contributed by atoms with Crippen molar-refractivity contribution in [3.63, 3.8) is 0 Å². The maximum absolute atomic E-state index is 14.0. The number of hydrogen-bond acceptors (Lipinski definition) is 4. The van der Waals surface area contributed by atoms with Crippen molar-refractivity contribution in [2.75, 3.05) is 26.2 Å². The Kier molecular flexibility index (Phi) is 7.28. The molecule has 1 heterocycles. The quantitative estimate of drug-likeness (QED) is 0.641. The van der Waals surface area contributed by atoms with Crippen LogP contribution in [0.2, 0.25) is 0 Å². The fourth-order valence-corrected chi connectivity index (χ4v) is 3.94. The van der Waals surface area contributed by atoms with Crippen molar-refractivity contribution in [3.8, 4) is 16.9 Å². The molecule has 0 bridgehead atoms. The van der Waals surface area contributed by atoms with E-state index in [0.717, 1.165) is 25.9 Å². The standard InChI is InChI=1S/C24H29F2NO4/c1-24(2,26)15-27-9-7-16(8-10-27)14-31-22-6-4-17(11-19(22)13-28)18-3-5-20(23(29)30)21(25)12-18/h3-6,11-12,16,28H,7-10,13-15H2,1-2H3,(H,29,30). The molecule has 0 aliphatic carbocycles. The lowest BCUT2D eigenvalue weighted by Crippen LogP contribution is -2.41. The van der Waals surface area contributed by atoms with Crippen molar-refractivity contribution in [3.05, 3.63) is 53.3 Å². The van der Waals surface area contributed by atoms with E-state index in [-0.39, 0.29) is 12.2 Å². The highest BCUT2D eigenvalue weighted by Crippen LogP contribution is 2.29. The van der Waals surface area contributed by atoms with Gasteiger partial charge in [-0.3, -0.25) is 0 Å². The second-order valence-corrected chi connectivity index (χ2v) is 8.73. The van der Waals surface area contributed by atoms with Crippen molar-refractivity contribution in [1.82, 2.24) is 4.90 Å². The molecule has 5 nitrogen and oxygen atoms in total. The maximum atomic E-state index is 14.0. The van der Waals surface area contributed by atoms with Gasteiger partial charge in [-0.1, -0.05) is 12.1 Å². The Morgan fingerprint density at radius 2 is 1.81 bits per heavy atom. The van der Waals surface area contributed by atoms with E-state index in [1.807, 2.05) is 0 Å². The molecule has 0 radical (unpaired) electrons. The van der Waals surface area contributed by atoms with Crippen LogP contribution in [0.4, 0.5) is 8.78 Å². The minimum Gasteiger partial charge on any atom is -0.493 e. The first-order valence-corrected chi connectivity index (χ1v) is 10.5. The Labute approximate surface area is 181 Å². The first-order valence-electron chi connectivity index (χ1n) is 10.5. The summed E-state index contributed by atoms with van der Waals surface area (Å²) in [5, 5.41) is 18.7. The zero-order valence-corrected chi connectivity index (χ0v) is 17.9. The molecule has 2 aromatic rings. The number of carbonyl (C=O) groups is 1. The van der Waals surface area contributed by atoms with Crippen LogP contribution >= 0.6 is 0 Å². The predicted octanol–water partition coefficient (Wildman–Crippen LogP) is 4.52. The largest absolute Gasteiger partial charge is 0.493 e. The van der Waals surface area contributed by atoms with E-state index in [4.69, 9.17) is 9.84 Å². The molecule has 0 unspecified atom stereocenters. The molecule has 2 aromatic carbocycles. The number of alkyl halides is 1. The van der Waals surface area contributed by atoms with Gasteiger partial charge in [-0.15, -0.1) is 0 Å². The number of benzene rings is 2. The van der Waals surface area contributed by atoms with E-state index in [1.165, 1.54) is 18.2 Å². The lowest BCUT2D eigenvalue weighted by atomic mass is 9.96. The lowest BCUT2D eigenvalue weighted by Gasteiger charge is -2.34. The van der Waals surface area contributed by atoms with E-state index in [0.29, 0.717) is 41.5 Å². The fraction of sp³-hybridized carbons (Fsp3) is 0.458. The average molecular weight is 433 g/mol. The summed E-state index contributed by atoms with van der Waals surface area (Å²) in [6, 6.07) is 9.16. The summed E-state index contributed by atoms with van der Waals surface area (Å²) in [4.78, 5) is 13.1. The second-order valence-electron chi connectivity index (χ2n) is 8.73. The van der Waals surface area contributed by atoms with Crippen LogP contribution in [-0.4, -0.2) is 53.0 Å². The summed E-state index contributed by atoms with van der Waals surface area (Å²) >= 11 is 0. The monoisotopic (exact) mass is 433 g/mol. The second kappa shape index (κ2) is 9.75. The number of aromatic carboxylic acids is 1. The fourth-order valence-electron chi connectivity index (χ4n) is 3.94. The lowest BCUT2D eigenvalue weighted by molar-refractivity contribution is 0.0691. The molecule has 1 aliphatic heterocycles. The third-order valence-electron chi connectivity index (χ3n) is 5.54. The van der Waals surface area contributed by atoms with Crippen LogP contribution in [0.1, 0.15) is 42.6 Å². The maximum Gasteiger partial charge on any atom is 0.338 e. The smallest absolute Gasteiger partial charge is 0.338 e. The van der Waals surface area contributed by atoms with Gasteiger partial charge in [0.05, 0.1) is 18.8 Å². The third-order valence-corrected chi connectivity index (χ3v) is 5.54. The molecule has 7 heteroatoms. The molecule has 2 N–H and O–H groups in total. The summed E-state index contributed by atoms with van der Waals surface area (Å²) in [5.74, 6) is -1.19. The minimum absolute atomic E-state index is 0.233. The summed E-state index contributed by atoms with van der Waals surface area (Å²) in [6.07, 6.45) is 1.86. The molecule has 168 valence electrons. The predicted molar refractivity (Wildman–Crippen MR) is 115 cm³/mol. The minimum atomic E-state index is -1.32. The summed E-state index contributed by atoms with van der Waals surface area (Å²) in [7, 11) is 0. The number of aliphatic hydroxyl groups is 1. The number of likely N-dealkylation sites (tertiary alicyclic amines) is 1. The molecular formula is C24H29F2NO4. The van der Waals surface area contributed by atoms with Crippen molar-refractivity contribution in [2.45, 2.75) is 39.0 Å². The number of halogens is 2. The number of hydrogen-bond donors (Lipinski definition) is 2. The Bertz CT molecular complexity index is 918. The zero-order valence-electron chi connectivity index (χ0n) is 17.9. The van der Waals surface area contributed by atoms with Gasteiger partial charge in [0.2, 0.25) is 0 Å². The van der Waals surface area contributed by atoms with Gasteiger partial charge in [0, 0.05) is 12.1 Å². The number of ether oxygens (including phenoxy) is 1. The highest BCUT2D eigenvalue weighted by atomic mass is 19.1. The molecule has 0 atom stereocenters. The van der Waals surface area contributed by atoms with Gasteiger partial charge in [0.25, 0.3) is 0 Å². The van der Waals surface area contributed by atoms with Crippen LogP contribution in [0.3, 0.4) is 0 Å². The normalized spacial score (nSPS) is 15.8. The average Bonchev–Trinajstić information content (AvgIpc) is 2.71. The molecule has 0 amide bonds. The van der Waals surface area contributed by atoms with E-state index >= 15 is 0 Å². The summed E-state index contributed by atoms with van der Waals surface area (Å²) < 4.78 is 33.8. The number of carboxylic acid groups (broad SMARTS) is 1. The molecule has 1 aliphatic rings. The topological polar surface area (TPSA) is 70.0 Å². The van der Waals surface area contributed by atoms with Crippen molar-refractivity contribution in [2.24, 2.45) is 5.92 Å². The van der Waals surface area contributed by atoms with Crippen molar-refractivity contribution >= 4 is 5.97 Å². The number of piperidine rings is 1. The zero-order chi connectivity index (χ0) is 22.6. The Morgan fingerprint density at radius 3 is 2.39 bits per heavy atom. The molecule has 1 saturated heterocycles. The molecule has 0 spiro atoms. The Balaban J connectivity index is 1.62. The third kappa shape index (κ3) is 6.24. The number of rotatable bonds is 8. The van der Waals surface area contributed by atoms with Crippen LogP contribution in [0, 0.1) is 11.7 Å².